The summed E-state index contributed by atoms with van der Waals surface area (Å²) in [6.45, 7) is 2.92. The molecule has 3 aliphatic rings. The van der Waals surface area contributed by atoms with E-state index in [1.165, 1.54) is 12.8 Å². The van der Waals surface area contributed by atoms with Crippen LogP contribution in [-0.4, -0.2) is 51.4 Å². The van der Waals surface area contributed by atoms with Crippen molar-refractivity contribution in [2.24, 2.45) is 11.8 Å². The molecule has 0 radical (unpaired) electrons. The second-order valence-corrected chi connectivity index (χ2v) is 6.77. The Bertz CT molecular complexity index is 644. The van der Waals surface area contributed by atoms with Crippen LogP contribution >= 0.6 is 0 Å². The molecule has 4 rings (SSSR count). The lowest BCUT2D eigenvalue weighted by Gasteiger charge is -2.29. The van der Waals surface area contributed by atoms with Gasteiger partial charge in [0.15, 0.2) is 5.69 Å². The first-order chi connectivity index (χ1) is 11.1. The van der Waals surface area contributed by atoms with E-state index >= 15 is 0 Å². The Kier molecular flexibility index (Phi) is 3.60. The third kappa shape index (κ3) is 2.73. The summed E-state index contributed by atoms with van der Waals surface area (Å²) >= 11 is 0. The smallest absolute Gasteiger partial charge is 0.356 e. The van der Waals surface area contributed by atoms with Crippen LogP contribution in [0.25, 0.3) is 0 Å². The molecule has 2 aliphatic heterocycles. The van der Waals surface area contributed by atoms with Gasteiger partial charge in [-0.2, -0.15) is 5.10 Å². The van der Waals surface area contributed by atoms with Crippen molar-refractivity contribution >= 4 is 11.9 Å². The van der Waals surface area contributed by atoms with E-state index in [9.17, 15) is 14.7 Å². The summed E-state index contributed by atoms with van der Waals surface area (Å²) in [7, 11) is 0. The third-order valence-electron chi connectivity index (χ3n) is 5.06. The highest BCUT2D eigenvalue weighted by atomic mass is 16.5. The number of hydrogen-bond donors (Lipinski definition) is 1. The van der Waals surface area contributed by atoms with Crippen LogP contribution in [0.15, 0.2) is 0 Å². The quantitative estimate of drug-likeness (QED) is 0.892. The molecule has 1 aliphatic carbocycles. The summed E-state index contributed by atoms with van der Waals surface area (Å²) in [5.74, 6) is -0.365. The fraction of sp³-hybridized carbons (Fsp3) is 0.688. The lowest BCUT2D eigenvalue weighted by molar-refractivity contribution is -0.136. The largest absolute Gasteiger partial charge is 0.476 e. The van der Waals surface area contributed by atoms with Gasteiger partial charge in [-0.15, -0.1) is 0 Å². The molecule has 1 unspecified atom stereocenters. The number of ether oxygens (including phenoxy) is 1. The standard InChI is InChI=1S/C16H21N3O4/c20-15(11-4-6-23-9-11)18-5-3-13-12(8-18)14(16(21)22)17-19(13)7-10-1-2-10/h10-11H,1-9H2,(H,21,22). The Hall–Kier alpha value is -1.89. The number of carbonyl (C=O) groups is 2. The minimum absolute atomic E-state index is 0.0775. The lowest BCUT2D eigenvalue weighted by Crippen LogP contribution is -2.40. The molecule has 0 aromatic carbocycles. The molecule has 1 aromatic heterocycles. The molecule has 1 saturated carbocycles. The second kappa shape index (κ2) is 5.63. The summed E-state index contributed by atoms with van der Waals surface area (Å²) in [5, 5.41) is 13.8. The molecule has 0 bridgehead atoms. The van der Waals surface area contributed by atoms with E-state index in [2.05, 4.69) is 5.10 Å². The number of carboxylic acids is 1. The van der Waals surface area contributed by atoms with E-state index in [4.69, 9.17) is 4.74 Å². The molecule has 124 valence electrons. The van der Waals surface area contributed by atoms with Gasteiger partial charge in [0.05, 0.1) is 12.5 Å². The van der Waals surface area contributed by atoms with Gasteiger partial charge in [-0.25, -0.2) is 4.79 Å². The maximum atomic E-state index is 12.6. The van der Waals surface area contributed by atoms with Crippen LogP contribution in [0.4, 0.5) is 0 Å². The van der Waals surface area contributed by atoms with E-state index in [0.29, 0.717) is 38.6 Å². The summed E-state index contributed by atoms with van der Waals surface area (Å²) in [6.07, 6.45) is 3.84. The molecule has 23 heavy (non-hydrogen) atoms. The Morgan fingerprint density at radius 3 is 2.78 bits per heavy atom. The molecule has 1 aromatic rings. The van der Waals surface area contributed by atoms with Crippen molar-refractivity contribution in [3.05, 3.63) is 17.0 Å². The Morgan fingerprint density at radius 2 is 2.13 bits per heavy atom. The molecule has 7 heteroatoms. The van der Waals surface area contributed by atoms with Gasteiger partial charge in [-0.05, 0) is 25.2 Å². The first kappa shape index (κ1) is 14.7. The fourth-order valence-electron chi connectivity index (χ4n) is 3.53. The monoisotopic (exact) mass is 319 g/mol. The van der Waals surface area contributed by atoms with Gasteiger partial charge in [-0.3, -0.25) is 9.48 Å². The zero-order chi connectivity index (χ0) is 16.0. The van der Waals surface area contributed by atoms with Crippen molar-refractivity contribution in [2.45, 2.75) is 38.8 Å². The summed E-state index contributed by atoms with van der Waals surface area (Å²) in [5.41, 5.74) is 1.83. The number of carboxylic acid groups (broad SMARTS) is 1. The maximum Gasteiger partial charge on any atom is 0.356 e. The van der Waals surface area contributed by atoms with E-state index < -0.39 is 5.97 Å². The van der Waals surface area contributed by atoms with Crippen molar-refractivity contribution in [3.8, 4) is 0 Å². The number of rotatable bonds is 4. The molecule has 1 amide bonds. The van der Waals surface area contributed by atoms with Crippen LogP contribution < -0.4 is 0 Å². The van der Waals surface area contributed by atoms with Gasteiger partial charge in [0, 0.05) is 43.9 Å². The van der Waals surface area contributed by atoms with Crippen LogP contribution in [0.5, 0.6) is 0 Å². The number of hydrogen-bond acceptors (Lipinski definition) is 4. The van der Waals surface area contributed by atoms with Crippen LogP contribution in [-0.2, 0) is 29.0 Å². The van der Waals surface area contributed by atoms with Crippen molar-refractivity contribution < 1.29 is 19.4 Å². The van der Waals surface area contributed by atoms with E-state index in [1.807, 2.05) is 4.68 Å². The molecule has 7 nitrogen and oxygen atoms in total. The number of amides is 1. The summed E-state index contributed by atoms with van der Waals surface area (Å²) in [4.78, 5) is 25.9. The predicted octanol–water partition coefficient (Wildman–Crippen LogP) is 0.912. The zero-order valence-corrected chi connectivity index (χ0v) is 13.0. The molecule has 2 fully saturated rings. The second-order valence-electron chi connectivity index (χ2n) is 6.77. The zero-order valence-electron chi connectivity index (χ0n) is 13.0. The number of fused-ring (bicyclic) bond motifs is 1. The van der Waals surface area contributed by atoms with Crippen molar-refractivity contribution in [1.82, 2.24) is 14.7 Å². The van der Waals surface area contributed by atoms with Crippen LogP contribution in [0.2, 0.25) is 0 Å². The molecule has 3 heterocycles. The van der Waals surface area contributed by atoms with Crippen molar-refractivity contribution in [3.63, 3.8) is 0 Å². The molecule has 0 spiro atoms. The summed E-state index contributed by atoms with van der Waals surface area (Å²) < 4.78 is 7.17. The van der Waals surface area contributed by atoms with Crippen LogP contribution in [0, 0.1) is 11.8 Å². The Morgan fingerprint density at radius 1 is 1.30 bits per heavy atom. The first-order valence-electron chi connectivity index (χ1n) is 8.32. The Balaban J connectivity index is 1.58. The van der Waals surface area contributed by atoms with E-state index in [1.54, 1.807) is 4.90 Å². The van der Waals surface area contributed by atoms with Crippen LogP contribution in [0.1, 0.15) is 41.0 Å². The lowest BCUT2D eigenvalue weighted by atomic mass is 10.0. The molecular formula is C16H21N3O4. The van der Waals surface area contributed by atoms with Crippen LogP contribution in [0.3, 0.4) is 0 Å². The average molecular weight is 319 g/mol. The number of carbonyl (C=O) groups excluding carboxylic acids is 1. The fourth-order valence-corrected chi connectivity index (χ4v) is 3.53. The summed E-state index contributed by atoms with van der Waals surface area (Å²) in [6, 6.07) is 0. The highest BCUT2D eigenvalue weighted by Crippen LogP contribution is 2.33. The normalized spacial score (nSPS) is 23.8. The van der Waals surface area contributed by atoms with E-state index in [-0.39, 0.29) is 17.5 Å². The minimum atomic E-state index is -1.01. The average Bonchev–Trinajstić information content (AvgIpc) is 3.06. The third-order valence-corrected chi connectivity index (χ3v) is 5.06. The van der Waals surface area contributed by atoms with Gasteiger partial charge < -0.3 is 14.7 Å². The van der Waals surface area contributed by atoms with Crippen molar-refractivity contribution in [1.29, 1.82) is 0 Å². The topological polar surface area (TPSA) is 84.7 Å². The van der Waals surface area contributed by atoms with Crippen molar-refractivity contribution in [2.75, 3.05) is 19.8 Å². The van der Waals surface area contributed by atoms with Gasteiger partial charge in [-0.1, -0.05) is 0 Å². The van der Waals surface area contributed by atoms with Gasteiger partial charge in [0.2, 0.25) is 5.91 Å². The highest BCUT2D eigenvalue weighted by Gasteiger charge is 2.35. The van der Waals surface area contributed by atoms with E-state index in [0.717, 1.165) is 24.2 Å². The van der Waals surface area contributed by atoms with Gasteiger partial charge in [0.25, 0.3) is 0 Å². The van der Waals surface area contributed by atoms with Gasteiger partial charge >= 0.3 is 5.97 Å². The maximum absolute atomic E-state index is 12.6. The van der Waals surface area contributed by atoms with Gasteiger partial charge in [0.1, 0.15) is 0 Å². The number of aromatic carboxylic acids is 1. The minimum Gasteiger partial charge on any atom is -0.476 e. The number of nitrogens with zero attached hydrogens (tertiary/aromatic N) is 3. The predicted molar refractivity (Wildman–Crippen MR) is 80.0 cm³/mol. The number of aromatic nitrogens is 2. The molecular weight excluding hydrogens is 298 g/mol. The SMILES string of the molecule is O=C(O)c1nn(CC2CC2)c2c1CN(C(=O)C1CCOC1)CC2. The Labute approximate surface area is 134 Å². The molecule has 1 N–H and O–H groups in total. The molecule has 1 saturated heterocycles. The molecule has 1 atom stereocenters. The highest BCUT2D eigenvalue weighted by molar-refractivity contribution is 5.88. The first-order valence-corrected chi connectivity index (χ1v) is 8.32.